The number of hydrogen-bond acceptors (Lipinski definition) is 3. The Bertz CT molecular complexity index is 774. The highest BCUT2D eigenvalue weighted by Gasteiger charge is 2.19. The summed E-state index contributed by atoms with van der Waals surface area (Å²) in [4.78, 5) is 11.9. The molecule has 0 aromatic heterocycles. The summed E-state index contributed by atoms with van der Waals surface area (Å²) in [5.74, 6) is -1.19. The molecule has 116 valence electrons. The minimum absolute atomic E-state index is 0.0646. The van der Waals surface area contributed by atoms with E-state index >= 15 is 0 Å². The van der Waals surface area contributed by atoms with Crippen molar-refractivity contribution in [2.24, 2.45) is 0 Å². The van der Waals surface area contributed by atoms with Crippen molar-refractivity contribution in [1.29, 1.82) is 0 Å². The zero-order valence-corrected chi connectivity index (χ0v) is 13.8. The van der Waals surface area contributed by atoms with Crippen LogP contribution in [0.4, 0.5) is 0 Å². The maximum atomic E-state index is 12.1. The second-order valence-electron chi connectivity index (χ2n) is 4.62. The van der Waals surface area contributed by atoms with Crippen molar-refractivity contribution in [3.8, 4) is 0 Å². The van der Waals surface area contributed by atoms with Gasteiger partial charge in [0.1, 0.15) is 5.75 Å². The van der Waals surface area contributed by atoms with E-state index in [2.05, 4.69) is 5.32 Å². The third-order valence-electron chi connectivity index (χ3n) is 2.87. The normalized spacial score (nSPS) is 11.2. The highest BCUT2D eigenvalue weighted by Crippen LogP contribution is 2.15. The molecule has 1 N–H and O–H groups in total. The molecule has 2 aromatic rings. The van der Waals surface area contributed by atoms with Crippen LogP contribution in [0.5, 0.6) is 0 Å². The summed E-state index contributed by atoms with van der Waals surface area (Å²) in [6, 6.07) is 12.7. The van der Waals surface area contributed by atoms with Gasteiger partial charge in [-0.25, -0.2) is 8.42 Å². The molecule has 0 bridgehead atoms. The van der Waals surface area contributed by atoms with E-state index in [4.69, 9.17) is 23.2 Å². The van der Waals surface area contributed by atoms with Gasteiger partial charge in [-0.3, -0.25) is 4.79 Å². The summed E-state index contributed by atoms with van der Waals surface area (Å²) in [5.41, 5.74) is 0.796. The number of halogens is 2. The molecule has 22 heavy (non-hydrogen) atoms. The van der Waals surface area contributed by atoms with E-state index in [9.17, 15) is 13.2 Å². The first-order valence-electron chi connectivity index (χ1n) is 6.36. The number of sulfone groups is 1. The van der Waals surface area contributed by atoms with Crippen molar-refractivity contribution in [3.05, 3.63) is 64.1 Å². The molecular formula is C15H13Cl2NO3S. The van der Waals surface area contributed by atoms with Gasteiger partial charge in [-0.15, -0.1) is 0 Å². The van der Waals surface area contributed by atoms with Crippen LogP contribution in [0.25, 0.3) is 0 Å². The molecule has 0 saturated heterocycles. The van der Waals surface area contributed by atoms with Gasteiger partial charge in [-0.05, 0) is 42.0 Å². The highest BCUT2D eigenvalue weighted by atomic mass is 35.5. The second kappa shape index (κ2) is 7.13. The average Bonchev–Trinajstić information content (AvgIpc) is 2.45. The zero-order chi connectivity index (χ0) is 16.2. The predicted molar refractivity (Wildman–Crippen MR) is 86.8 cm³/mol. The number of hydrogen-bond donors (Lipinski definition) is 1. The van der Waals surface area contributed by atoms with Crippen molar-refractivity contribution in [2.45, 2.75) is 11.4 Å². The Hall–Kier alpha value is -1.56. The van der Waals surface area contributed by atoms with Crippen LogP contribution in [-0.2, 0) is 21.2 Å². The van der Waals surface area contributed by atoms with Gasteiger partial charge in [0.05, 0.1) is 4.90 Å². The third-order valence-corrected chi connectivity index (χ3v) is 4.99. The van der Waals surface area contributed by atoms with Crippen molar-refractivity contribution in [2.75, 3.05) is 5.75 Å². The standard InChI is InChI=1S/C15H13Cl2NO3S/c16-12-4-6-14(7-5-12)22(20,21)10-15(19)18-9-11-2-1-3-13(17)8-11/h1-8H,9-10H2,(H,18,19). The van der Waals surface area contributed by atoms with E-state index < -0.39 is 21.5 Å². The van der Waals surface area contributed by atoms with Crippen molar-refractivity contribution in [1.82, 2.24) is 5.32 Å². The van der Waals surface area contributed by atoms with E-state index in [0.717, 1.165) is 5.56 Å². The summed E-state index contributed by atoms with van der Waals surface area (Å²) < 4.78 is 24.2. The van der Waals surface area contributed by atoms with Crippen molar-refractivity contribution < 1.29 is 13.2 Å². The molecule has 0 fully saturated rings. The molecule has 0 unspecified atom stereocenters. The van der Waals surface area contributed by atoms with Crippen LogP contribution in [0.1, 0.15) is 5.56 Å². The first-order chi connectivity index (χ1) is 10.4. The molecule has 0 heterocycles. The van der Waals surface area contributed by atoms with Crippen LogP contribution in [0.2, 0.25) is 10.0 Å². The molecule has 4 nitrogen and oxygen atoms in total. The topological polar surface area (TPSA) is 63.2 Å². The van der Waals surface area contributed by atoms with Crippen LogP contribution in [0.3, 0.4) is 0 Å². The second-order valence-corrected chi connectivity index (χ2v) is 7.48. The molecule has 0 aliphatic heterocycles. The summed E-state index contributed by atoms with van der Waals surface area (Å²) in [7, 11) is -3.69. The van der Waals surface area contributed by atoms with Gasteiger partial charge in [0, 0.05) is 16.6 Å². The lowest BCUT2D eigenvalue weighted by molar-refractivity contribution is -0.118. The van der Waals surface area contributed by atoms with Crippen molar-refractivity contribution in [3.63, 3.8) is 0 Å². The minimum atomic E-state index is -3.69. The smallest absolute Gasteiger partial charge is 0.235 e. The van der Waals surface area contributed by atoms with Gasteiger partial charge in [0.2, 0.25) is 5.91 Å². The molecule has 0 aliphatic carbocycles. The minimum Gasteiger partial charge on any atom is -0.351 e. The van der Waals surface area contributed by atoms with Gasteiger partial charge in [-0.1, -0.05) is 35.3 Å². The fourth-order valence-electron chi connectivity index (χ4n) is 1.80. The van der Waals surface area contributed by atoms with Gasteiger partial charge in [0.25, 0.3) is 0 Å². The lowest BCUT2D eigenvalue weighted by Crippen LogP contribution is -2.29. The molecule has 7 heteroatoms. The average molecular weight is 358 g/mol. The largest absolute Gasteiger partial charge is 0.351 e. The van der Waals surface area contributed by atoms with E-state index in [-0.39, 0.29) is 11.4 Å². The van der Waals surface area contributed by atoms with E-state index in [1.165, 1.54) is 24.3 Å². The Balaban J connectivity index is 1.97. The predicted octanol–water partition coefficient (Wildman–Crippen LogP) is 3.08. The number of amides is 1. The van der Waals surface area contributed by atoms with Gasteiger partial charge in [-0.2, -0.15) is 0 Å². The summed E-state index contributed by atoms with van der Waals surface area (Å²) in [6.07, 6.45) is 0. The number of carbonyl (C=O) groups is 1. The Morgan fingerprint density at radius 3 is 2.32 bits per heavy atom. The van der Waals surface area contributed by atoms with Crippen molar-refractivity contribution >= 4 is 38.9 Å². The van der Waals surface area contributed by atoms with E-state index in [0.29, 0.717) is 10.0 Å². The van der Waals surface area contributed by atoms with Gasteiger partial charge < -0.3 is 5.32 Å². The van der Waals surface area contributed by atoms with Crippen LogP contribution < -0.4 is 5.32 Å². The SMILES string of the molecule is O=C(CS(=O)(=O)c1ccc(Cl)cc1)NCc1cccc(Cl)c1. The van der Waals surface area contributed by atoms with E-state index in [1.807, 2.05) is 0 Å². The maximum absolute atomic E-state index is 12.1. The fourth-order valence-corrected chi connectivity index (χ4v) is 3.30. The zero-order valence-electron chi connectivity index (χ0n) is 11.4. The van der Waals surface area contributed by atoms with Crippen LogP contribution in [-0.4, -0.2) is 20.1 Å². The molecule has 0 spiro atoms. The molecule has 2 rings (SSSR count). The molecule has 0 aliphatic rings. The van der Waals surface area contributed by atoms with Crippen LogP contribution in [0, 0.1) is 0 Å². The Labute approximate surface area is 139 Å². The number of benzene rings is 2. The van der Waals surface area contributed by atoms with Crippen LogP contribution >= 0.6 is 23.2 Å². The lowest BCUT2D eigenvalue weighted by atomic mass is 10.2. The molecule has 0 atom stereocenters. The molecule has 0 radical (unpaired) electrons. The number of carbonyl (C=O) groups excluding carboxylic acids is 1. The summed E-state index contributed by atoms with van der Waals surface area (Å²) >= 11 is 11.6. The maximum Gasteiger partial charge on any atom is 0.235 e. The lowest BCUT2D eigenvalue weighted by Gasteiger charge is -2.07. The number of nitrogens with one attached hydrogen (secondary N) is 1. The fraction of sp³-hybridized carbons (Fsp3) is 0.133. The molecular weight excluding hydrogens is 345 g/mol. The van der Waals surface area contributed by atoms with E-state index in [1.54, 1.807) is 24.3 Å². The Kier molecular flexibility index (Phi) is 5.45. The van der Waals surface area contributed by atoms with Gasteiger partial charge in [0.15, 0.2) is 9.84 Å². The molecule has 2 aromatic carbocycles. The summed E-state index contributed by atoms with van der Waals surface area (Å²) in [5, 5.41) is 3.55. The Morgan fingerprint density at radius 1 is 1.00 bits per heavy atom. The molecule has 1 amide bonds. The first-order valence-corrected chi connectivity index (χ1v) is 8.77. The quantitative estimate of drug-likeness (QED) is 0.894. The van der Waals surface area contributed by atoms with Crippen LogP contribution in [0.15, 0.2) is 53.4 Å². The molecule has 0 saturated carbocycles. The first kappa shape index (κ1) is 16.8. The number of rotatable bonds is 5. The monoisotopic (exact) mass is 357 g/mol. The third kappa shape index (κ3) is 4.73. The Morgan fingerprint density at radius 2 is 1.68 bits per heavy atom. The summed E-state index contributed by atoms with van der Waals surface area (Å²) in [6.45, 7) is 0.218. The van der Waals surface area contributed by atoms with Gasteiger partial charge >= 0.3 is 0 Å². The highest BCUT2D eigenvalue weighted by molar-refractivity contribution is 7.92.